The van der Waals surface area contributed by atoms with Gasteiger partial charge in [0, 0.05) is 37.7 Å². The van der Waals surface area contributed by atoms with Crippen LogP contribution in [-0.2, 0) is 28.8 Å². The largest absolute Gasteiger partial charge is 0.391 e. The number of rotatable bonds is 19. The van der Waals surface area contributed by atoms with Crippen molar-refractivity contribution in [3.8, 4) is 0 Å². The summed E-state index contributed by atoms with van der Waals surface area (Å²) in [5.74, 6) is -3.11. The van der Waals surface area contributed by atoms with Crippen LogP contribution in [0.2, 0.25) is 6.32 Å². The summed E-state index contributed by atoms with van der Waals surface area (Å²) in [6.45, 7) is 3.19. The average Bonchev–Trinajstić information content (AvgIpc) is 3.23. The van der Waals surface area contributed by atoms with Crippen molar-refractivity contribution in [2.24, 2.45) is 5.73 Å². The number of carbonyl (C=O) groups excluding carboxylic acids is 7. The standard InChI is InChI=1S/C25H42BN7O8/c1-15(13-26)30-19(36)14-29-23(39)17(7-6-11-28-25(27)41)31-24(40)22(16(2)34)32-18(35)8-4-3-5-12-33-20(37)9-10-21(33)38/h9-10,15-17,22,34H,3-8,11-14,26H2,1-2H3,(H,29,39)(H,30,36)(H,31,40)(H,32,35)(H3,27,28,41)/t15-,16+,17-,22-/m1/s1. The smallest absolute Gasteiger partial charge is 0.312 e. The number of unbranched alkanes of at least 4 members (excludes halogenated alkanes) is 2. The zero-order valence-corrected chi connectivity index (χ0v) is 23.9. The van der Waals surface area contributed by atoms with Gasteiger partial charge in [-0.1, -0.05) is 12.7 Å². The van der Waals surface area contributed by atoms with Crippen LogP contribution in [-0.4, -0.2) is 103 Å². The molecule has 0 radical (unpaired) electrons. The van der Waals surface area contributed by atoms with Crippen LogP contribution in [0, 0.1) is 0 Å². The summed E-state index contributed by atoms with van der Waals surface area (Å²) in [4.78, 5) is 85.5. The zero-order chi connectivity index (χ0) is 30.9. The van der Waals surface area contributed by atoms with Crippen LogP contribution in [0.15, 0.2) is 12.2 Å². The second kappa shape index (κ2) is 18.4. The van der Waals surface area contributed by atoms with Gasteiger partial charge in [-0.15, -0.1) is 0 Å². The lowest BCUT2D eigenvalue weighted by molar-refractivity contribution is -0.137. The number of aliphatic hydroxyl groups excluding tert-OH is 1. The minimum atomic E-state index is -1.36. The predicted octanol–water partition coefficient (Wildman–Crippen LogP) is -3.06. The molecule has 0 aromatic rings. The van der Waals surface area contributed by atoms with Gasteiger partial charge in [0.05, 0.1) is 12.6 Å². The summed E-state index contributed by atoms with van der Waals surface area (Å²) in [5, 5.41) is 22.7. The molecule has 1 rings (SSSR count). The molecular formula is C25H42BN7O8. The molecule has 0 bridgehead atoms. The number of hydrogen-bond donors (Lipinski definition) is 7. The molecule has 0 aromatic heterocycles. The Bertz CT molecular complexity index is 973. The number of imide groups is 1. The maximum Gasteiger partial charge on any atom is 0.312 e. The molecule has 0 saturated heterocycles. The fraction of sp³-hybridized carbons (Fsp3) is 0.640. The van der Waals surface area contributed by atoms with Crippen molar-refractivity contribution in [3.63, 3.8) is 0 Å². The highest BCUT2D eigenvalue weighted by molar-refractivity contribution is 6.12. The van der Waals surface area contributed by atoms with Gasteiger partial charge in [0.15, 0.2) is 0 Å². The first kappa shape index (κ1) is 35.1. The van der Waals surface area contributed by atoms with E-state index in [-0.39, 0.29) is 56.8 Å². The van der Waals surface area contributed by atoms with Gasteiger partial charge in [0.25, 0.3) is 11.8 Å². The molecule has 1 heterocycles. The molecule has 8 N–H and O–H groups in total. The van der Waals surface area contributed by atoms with Crippen molar-refractivity contribution in [1.82, 2.24) is 31.5 Å². The van der Waals surface area contributed by atoms with E-state index in [4.69, 9.17) is 5.73 Å². The maximum absolute atomic E-state index is 13.0. The molecule has 1 aliphatic heterocycles. The van der Waals surface area contributed by atoms with E-state index in [0.717, 1.165) is 4.90 Å². The molecule has 15 nitrogen and oxygen atoms in total. The van der Waals surface area contributed by atoms with E-state index in [1.807, 2.05) is 14.8 Å². The number of primary amides is 1. The normalized spacial score (nSPS) is 15.4. The van der Waals surface area contributed by atoms with Crippen LogP contribution in [0.1, 0.15) is 52.4 Å². The molecule has 16 heteroatoms. The fourth-order valence-corrected chi connectivity index (χ4v) is 3.80. The number of aliphatic hydroxyl groups is 1. The lowest BCUT2D eigenvalue weighted by Gasteiger charge is -2.25. The first-order valence-electron chi connectivity index (χ1n) is 13.8. The number of nitrogens with one attached hydrogen (secondary N) is 5. The molecule has 0 aliphatic carbocycles. The minimum absolute atomic E-state index is 0.0324. The Kier molecular flexibility index (Phi) is 15.8. The molecule has 41 heavy (non-hydrogen) atoms. The molecule has 0 aromatic carbocycles. The summed E-state index contributed by atoms with van der Waals surface area (Å²) >= 11 is 0. The lowest BCUT2D eigenvalue weighted by atomic mass is 9.99. The zero-order valence-electron chi connectivity index (χ0n) is 23.9. The van der Waals surface area contributed by atoms with Gasteiger partial charge in [0.2, 0.25) is 23.6 Å². The van der Waals surface area contributed by atoms with E-state index in [9.17, 15) is 38.7 Å². The average molecular weight is 579 g/mol. The Morgan fingerprint density at radius 3 is 2.15 bits per heavy atom. The summed E-state index contributed by atoms with van der Waals surface area (Å²) in [5.41, 5.74) is 5.05. The van der Waals surface area contributed by atoms with Gasteiger partial charge in [0.1, 0.15) is 19.9 Å². The van der Waals surface area contributed by atoms with E-state index < -0.39 is 47.8 Å². The second-order valence-corrected chi connectivity index (χ2v) is 9.85. The van der Waals surface area contributed by atoms with Gasteiger partial charge in [-0.05, 0) is 39.5 Å². The third kappa shape index (κ3) is 13.8. The van der Waals surface area contributed by atoms with Crippen molar-refractivity contribution in [2.45, 2.75) is 82.9 Å². The van der Waals surface area contributed by atoms with Crippen LogP contribution in [0.25, 0.3) is 0 Å². The summed E-state index contributed by atoms with van der Waals surface area (Å²) in [7, 11) is 1.90. The van der Waals surface area contributed by atoms with E-state index in [1.165, 1.54) is 19.1 Å². The van der Waals surface area contributed by atoms with Gasteiger partial charge in [-0.2, -0.15) is 0 Å². The number of carbonyl (C=O) groups is 7. The molecule has 0 unspecified atom stereocenters. The Morgan fingerprint density at radius 1 is 0.902 bits per heavy atom. The highest BCUT2D eigenvalue weighted by atomic mass is 16.3. The first-order chi connectivity index (χ1) is 19.3. The molecule has 0 saturated carbocycles. The first-order valence-corrected chi connectivity index (χ1v) is 13.8. The van der Waals surface area contributed by atoms with Gasteiger partial charge < -0.3 is 37.4 Å². The summed E-state index contributed by atoms with van der Waals surface area (Å²) in [6.07, 6.45) is 3.65. The van der Waals surface area contributed by atoms with Crippen molar-refractivity contribution >= 4 is 49.3 Å². The Hall–Kier alpha value is -3.95. The molecule has 4 atom stereocenters. The molecule has 1 aliphatic rings. The van der Waals surface area contributed by atoms with Crippen LogP contribution < -0.4 is 32.3 Å². The molecule has 0 fully saturated rings. The van der Waals surface area contributed by atoms with Crippen LogP contribution in [0.4, 0.5) is 4.79 Å². The second-order valence-electron chi connectivity index (χ2n) is 9.85. The number of nitrogens with zero attached hydrogens (tertiary/aromatic N) is 1. The minimum Gasteiger partial charge on any atom is -0.391 e. The van der Waals surface area contributed by atoms with E-state index in [0.29, 0.717) is 25.6 Å². The highest BCUT2D eigenvalue weighted by Crippen LogP contribution is 2.08. The Labute approximate surface area is 240 Å². The summed E-state index contributed by atoms with van der Waals surface area (Å²) < 4.78 is 0. The summed E-state index contributed by atoms with van der Waals surface area (Å²) in [6, 6.07) is -3.32. The quantitative estimate of drug-likeness (QED) is 0.0471. The topological polar surface area (TPSA) is 229 Å². The third-order valence-corrected chi connectivity index (χ3v) is 6.31. The van der Waals surface area contributed by atoms with E-state index in [2.05, 4.69) is 26.6 Å². The van der Waals surface area contributed by atoms with Crippen molar-refractivity contribution in [3.05, 3.63) is 12.2 Å². The number of amides is 8. The van der Waals surface area contributed by atoms with Crippen LogP contribution >= 0.6 is 0 Å². The number of hydrogen-bond acceptors (Lipinski definition) is 8. The number of nitrogens with two attached hydrogens (primary N) is 1. The van der Waals surface area contributed by atoms with Crippen molar-refractivity contribution in [2.75, 3.05) is 19.6 Å². The van der Waals surface area contributed by atoms with E-state index in [1.54, 1.807) is 0 Å². The van der Waals surface area contributed by atoms with Crippen molar-refractivity contribution in [1.29, 1.82) is 0 Å². The molecule has 0 spiro atoms. The Morgan fingerprint density at radius 2 is 1.56 bits per heavy atom. The Balaban J connectivity index is 2.65. The van der Waals surface area contributed by atoms with Crippen molar-refractivity contribution < 1.29 is 38.7 Å². The van der Waals surface area contributed by atoms with E-state index >= 15 is 0 Å². The molecule has 228 valence electrons. The lowest BCUT2D eigenvalue weighted by Crippen LogP contribution is -2.57. The van der Waals surface area contributed by atoms with Gasteiger partial charge in [-0.25, -0.2) is 4.79 Å². The van der Waals surface area contributed by atoms with Crippen LogP contribution in [0.5, 0.6) is 0 Å². The number of urea groups is 1. The maximum atomic E-state index is 13.0. The van der Waals surface area contributed by atoms with Gasteiger partial charge in [-0.3, -0.25) is 33.7 Å². The van der Waals surface area contributed by atoms with Gasteiger partial charge >= 0.3 is 6.03 Å². The SMILES string of the molecule is BC[C@@H](C)NC(=O)CNC(=O)[C@@H](CCCNC(N)=O)NC(=O)[C@H](NC(=O)CCCCCN1C(=O)C=CC1=O)[C@H](C)O. The highest BCUT2D eigenvalue weighted by Gasteiger charge is 2.30. The van der Waals surface area contributed by atoms with Crippen LogP contribution in [0.3, 0.4) is 0 Å². The predicted molar refractivity (Wildman–Crippen MR) is 151 cm³/mol. The molecular weight excluding hydrogens is 537 g/mol. The monoisotopic (exact) mass is 579 g/mol. The fourth-order valence-electron chi connectivity index (χ4n) is 3.80. The molecule has 8 amide bonds. The third-order valence-electron chi connectivity index (χ3n) is 6.31.